The van der Waals surface area contributed by atoms with Crippen LogP contribution in [0.3, 0.4) is 0 Å². The third-order valence-corrected chi connectivity index (χ3v) is 10.9. The molecule has 0 radical (unpaired) electrons. The smallest absolute Gasteiger partial charge is 0.406 e. The lowest BCUT2D eigenvalue weighted by Crippen LogP contribution is -2.40. The molecule has 41 heavy (non-hydrogen) atoms. The molecule has 2 aromatic carbocycles. The first-order valence-electron chi connectivity index (χ1n) is 13.3. The molecule has 3 aromatic rings. The van der Waals surface area contributed by atoms with Crippen LogP contribution >= 0.6 is 11.8 Å². The number of carbonyl (C=O) groups excluding carboxylic acids is 1. The molecule has 1 aromatic heterocycles. The van der Waals surface area contributed by atoms with Gasteiger partial charge in [0.15, 0.2) is 0 Å². The van der Waals surface area contributed by atoms with Crippen molar-refractivity contribution in [2.75, 3.05) is 16.6 Å². The highest BCUT2D eigenvalue weighted by molar-refractivity contribution is 7.99. The minimum absolute atomic E-state index is 0.0547. The maximum atomic E-state index is 14.0. The van der Waals surface area contributed by atoms with Gasteiger partial charge in [-0.2, -0.15) is 11.8 Å². The second-order valence-electron chi connectivity index (χ2n) is 10.9. The molecule has 2 fully saturated rings. The van der Waals surface area contributed by atoms with E-state index < -0.39 is 27.6 Å². The lowest BCUT2D eigenvalue weighted by Gasteiger charge is -2.38. The summed E-state index contributed by atoms with van der Waals surface area (Å²) >= 11 is 1.79. The Hall–Kier alpha value is -3.25. The van der Waals surface area contributed by atoms with Crippen molar-refractivity contribution in [1.29, 1.82) is 0 Å². The number of aryl methyl sites for hydroxylation is 1. The van der Waals surface area contributed by atoms with Gasteiger partial charge in [-0.05, 0) is 85.4 Å². The standard InChI is InChI=1S/C29H28F3N3O4S2/c1-18-11-20(16-33-15-18)26-14-28(9-10-40-26)17-35(25-8-5-19(12-24(25)28)27(36)34-21-6-7-21)41(37,38)23-4-2-3-22(13-23)39-29(30,31)32/h2-5,8,11-13,15-16,21,26H,6-7,9-10,14,17H2,1H3,(H,34,36). The topological polar surface area (TPSA) is 88.6 Å². The van der Waals surface area contributed by atoms with E-state index in [1.54, 1.807) is 36.2 Å². The number of nitrogens with one attached hydrogen (secondary N) is 1. The normalized spacial score (nSPS) is 22.4. The second-order valence-corrected chi connectivity index (χ2v) is 14.1. The highest BCUT2D eigenvalue weighted by Crippen LogP contribution is 2.55. The first-order valence-corrected chi connectivity index (χ1v) is 15.8. The summed E-state index contributed by atoms with van der Waals surface area (Å²) in [6.07, 6.45) is 1.83. The van der Waals surface area contributed by atoms with Gasteiger partial charge < -0.3 is 10.1 Å². The number of halogens is 3. The van der Waals surface area contributed by atoms with E-state index in [1.165, 1.54) is 16.4 Å². The molecule has 7 nitrogen and oxygen atoms in total. The monoisotopic (exact) mass is 603 g/mol. The molecule has 2 atom stereocenters. The van der Waals surface area contributed by atoms with Gasteiger partial charge in [-0.3, -0.25) is 14.1 Å². The van der Waals surface area contributed by atoms with Gasteiger partial charge in [0.1, 0.15) is 5.75 Å². The van der Waals surface area contributed by atoms with E-state index in [4.69, 9.17) is 0 Å². The van der Waals surface area contributed by atoms with Gasteiger partial charge in [-0.25, -0.2) is 8.42 Å². The van der Waals surface area contributed by atoms with E-state index >= 15 is 0 Å². The molecule has 1 aliphatic carbocycles. The zero-order chi connectivity index (χ0) is 29.0. The van der Waals surface area contributed by atoms with Crippen molar-refractivity contribution in [3.05, 3.63) is 83.2 Å². The maximum Gasteiger partial charge on any atom is 0.573 e. The number of thioether (sulfide) groups is 1. The summed E-state index contributed by atoms with van der Waals surface area (Å²) in [6.45, 7) is 2.08. The lowest BCUT2D eigenvalue weighted by molar-refractivity contribution is -0.274. The molecule has 3 heterocycles. The Kier molecular flexibility index (Phi) is 6.96. The lowest BCUT2D eigenvalue weighted by atomic mass is 9.74. The summed E-state index contributed by atoms with van der Waals surface area (Å²) in [5.74, 6) is -0.0476. The number of aromatic nitrogens is 1. The molecule has 3 aliphatic rings. The third-order valence-electron chi connectivity index (χ3n) is 7.83. The van der Waals surface area contributed by atoms with Gasteiger partial charge in [-0.1, -0.05) is 12.1 Å². The SMILES string of the molecule is Cc1cncc(C2CC3(CCS2)CN(S(=O)(=O)c2cccc(OC(F)(F)F)c2)c2ccc(C(=O)NC4CC4)cc23)c1. The van der Waals surface area contributed by atoms with Crippen molar-refractivity contribution in [3.8, 4) is 5.75 Å². The van der Waals surface area contributed by atoms with Crippen LogP contribution in [0.25, 0.3) is 0 Å². The first kappa shape index (κ1) is 27.9. The number of rotatable bonds is 6. The number of fused-ring (bicyclic) bond motifs is 2. The van der Waals surface area contributed by atoms with Crippen molar-refractivity contribution in [1.82, 2.24) is 10.3 Å². The van der Waals surface area contributed by atoms with E-state index in [9.17, 15) is 26.4 Å². The molecule has 1 amide bonds. The van der Waals surface area contributed by atoms with E-state index in [0.29, 0.717) is 24.1 Å². The van der Waals surface area contributed by atoms with Crippen LogP contribution in [0.5, 0.6) is 5.75 Å². The molecular formula is C29H28F3N3O4S2. The Bertz CT molecular complexity index is 1610. The molecule has 2 unspecified atom stereocenters. The molecule has 1 N–H and O–H groups in total. The maximum absolute atomic E-state index is 14.0. The van der Waals surface area contributed by atoms with Crippen molar-refractivity contribution < 1.29 is 31.1 Å². The molecule has 2 aliphatic heterocycles. The van der Waals surface area contributed by atoms with E-state index in [2.05, 4.69) is 21.1 Å². The van der Waals surface area contributed by atoms with Crippen molar-refractivity contribution >= 4 is 33.4 Å². The second kappa shape index (κ2) is 10.2. The van der Waals surface area contributed by atoms with Gasteiger partial charge in [-0.15, -0.1) is 13.2 Å². The van der Waals surface area contributed by atoms with E-state index in [1.807, 2.05) is 13.1 Å². The van der Waals surface area contributed by atoms with Gasteiger partial charge in [0.25, 0.3) is 15.9 Å². The summed E-state index contributed by atoms with van der Waals surface area (Å²) in [4.78, 5) is 17.0. The number of pyridine rings is 1. The fraction of sp³-hybridized carbons (Fsp3) is 0.379. The van der Waals surface area contributed by atoms with E-state index in [0.717, 1.165) is 47.4 Å². The largest absolute Gasteiger partial charge is 0.573 e. The summed E-state index contributed by atoms with van der Waals surface area (Å²) in [5, 5.41) is 3.05. The van der Waals surface area contributed by atoms with Crippen LogP contribution in [0.2, 0.25) is 0 Å². The summed E-state index contributed by atoms with van der Waals surface area (Å²) < 4.78 is 71.9. The Labute approximate surface area is 240 Å². The van der Waals surface area contributed by atoms with Gasteiger partial charge in [0.2, 0.25) is 0 Å². The molecule has 1 saturated carbocycles. The number of anilines is 1. The third kappa shape index (κ3) is 5.63. The number of benzene rings is 2. The number of alkyl halides is 3. The summed E-state index contributed by atoms with van der Waals surface area (Å²) in [5.41, 5.74) is 3.14. The van der Waals surface area contributed by atoms with Gasteiger partial charge >= 0.3 is 6.36 Å². The minimum Gasteiger partial charge on any atom is -0.406 e. The Morgan fingerprint density at radius 3 is 2.68 bits per heavy atom. The predicted octanol–water partition coefficient (Wildman–Crippen LogP) is 5.90. The first-order chi connectivity index (χ1) is 19.4. The number of ether oxygens (including phenoxy) is 1. The highest BCUT2D eigenvalue weighted by Gasteiger charge is 2.50. The van der Waals surface area contributed by atoms with Gasteiger partial charge in [0, 0.05) is 47.3 Å². The summed E-state index contributed by atoms with van der Waals surface area (Å²) in [7, 11) is -4.27. The molecule has 6 rings (SSSR count). The molecule has 1 spiro atoms. The van der Waals surface area contributed by atoms with Crippen molar-refractivity contribution in [3.63, 3.8) is 0 Å². The Morgan fingerprint density at radius 2 is 1.95 bits per heavy atom. The van der Waals surface area contributed by atoms with Gasteiger partial charge in [0.05, 0.1) is 10.6 Å². The van der Waals surface area contributed by atoms with Crippen LogP contribution in [0.1, 0.15) is 58.0 Å². The Morgan fingerprint density at radius 1 is 1.15 bits per heavy atom. The van der Waals surface area contributed by atoms with Crippen LogP contribution in [-0.4, -0.2) is 44.0 Å². The molecule has 0 bridgehead atoms. The number of hydrogen-bond donors (Lipinski definition) is 1. The average Bonchev–Trinajstić information content (AvgIpc) is 3.69. The van der Waals surface area contributed by atoms with Crippen LogP contribution in [0, 0.1) is 6.92 Å². The average molecular weight is 604 g/mol. The number of hydrogen-bond acceptors (Lipinski definition) is 6. The van der Waals surface area contributed by atoms with Crippen LogP contribution in [-0.2, 0) is 15.4 Å². The Balaban J connectivity index is 1.41. The van der Waals surface area contributed by atoms with Crippen molar-refractivity contribution in [2.45, 2.75) is 60.6 Å². The predicted molar refractivity (Wildman–Crippen MR) is 150 cm³/mol. The fourth-order valence-electron chi connectivity index (χ4n) is 5.70. The fourth-order valence-corrected chi connectivity index (χ4v) is 8.86. The molecule has 12 heteroatoms. The molecule has 1 saturated heterocycles. The number of sulfonamides is 1. The van der Waals surface area contributed by atoms with Crippen LogP contribution in [0.4, 0.5) is 18.9 Å². The number of nitrogens with zero attached hydrogens (tertiary/aromatic N) is 2. The zero-order valence-electron chi connectivity index (χ0n) is 22.1. The van der Waals surface area contributed by atoms with Crippen molar-refractivity contribution in [2.24, 2.45) is 0 Å². The molecular weight excluding hydrogens is 575 g/mol. The number of amides is 1. The van der Waals surface area contributed by atoms with Crippen LogP contribution < -0.4 is 14.4 Å². The minimum atomic E-state index is -4.95. The van der Waals surface area contributed by atoms with E-state index in [-0.39, 0.29) is 28.6 Å². The quantitative estimate of drug-likeness (QED) is 0.378. The van der Waals surface area contributed by atoms with Crippen LogP contribution in [0.15, 0.2) is 65.8 Å². The molecule has 216 valence electrons. The highest BCUT2D eigenvalue weighted by atomic mass is 32.2. The zero-order valence-corrected chi connectivity index (χ0v) is 23.8. The number of carbonyl (C=O) groups is 1. The summed E-state index contributed by atoms with van der Waals surface area (Å²) in [6, 6.07) is 11.7.